The van der Waals surface area contributed by atoms with Gasteiger partial charge in [0.1, 0.15) is 0 Å². The summed E-state index contributed by atoms with van der Waals surface area (Å²) in [5.41, 5.74) is 1.20. The molecular formula is C13H12N6O. The molecule has 1 atom stereocenters. The van der Waals surface area contributed by atoms with E-state index < -0.39 is 0 Å². The molecule has 0 bridgehead atoms. The first kappa shape index (κ1) is 12.2. The van der Waals surface area contributed by atoms with Gasteiger partial charge in [-0.1, -0.05) is 23.4 Å². The van der Waals surface area contributed by atoms with Gasteiger partial charge in [-0.25, -0.2) is 0 Å². The van der Waals surface area contributed by atoms with Crippen molar-refractivity contribution in [3.05, 3.63) is 47.9 Å². The Hall–Kier alpha value is -2.83. The number of nitrogens with zero attached hydrogens (tertiary/aromatic N) is 4. The first-order chi connectivity index (χ1) is 9.75. The number of carbonyl (C=O) groups is 1. The van der Waals surface area contributed by atoms with Gasteiger partial charge >= 0.3 is 0 Å². The van der Waals surface area contributed by atoms with Crippen LogP contribution in [0.3, 0.4) is 0 Å². The molecule has 7 heteroatoms. The number of aromatic amines is 1. The Morgan fingerprint density at radius 3 is 2.95 bits per heavy atom. The number of hydrogen-bond donors (Lipinski definition) is 2. The van der Waals surface area contributed by atoms with Crippen molar-refractivity contribution < 1.29 is 4.79 Å². The van der Waals surface area contributed by atoms with Gasteiger partial charge < -0.3 is 5.32 Å². The van der Waals surface area contributed by atoms with Gasteiger partial charge in [-0.15, -0.1) is 10.2 Å². The van der Waals surface area contributed by atoms with Gasteiger partial charge in [-0.05, 0) is 19.1 Å². The standard InChI is InChI=1S/C13H12N6O/c1-8(12-16-18-19-17-12)15-13(20)10-6-2-4-9-5-3-7-14-11(9)10/h2-8H,1H3,(H,15,20)(H,16,17,18,19). The number of para-hydroxylation sites is 1. The SMILES string of the molecule is CC(NC(=O)c1cccc2cccnc12)c1nn[nH]n1. The fourth-order valence-electron chi connectivity index (χ4n) is 1.98. The number of tetrazole rings is 1. The van der Waals surface area contributed by atoms with Gasteiger partial charge in [0, 0.05) is 11.6 Å². The zero-order valence-electron chi connectivity index (χ0n) is 10.7. The first-order valence-corrected chi connectivity index (χ1v) is 6.13. The molecule has 0 radical (unpaired) electrons. The molecule has 0 fully saturated rings. The lowest BCUT2D eigenvalue weighted by Gasteiger charge is -2.11. The molecule has 0 saturated carbocycles. The normalized spacial score (nSPS) is 12.2. The van der Waals surface area contributed by atoms with Crippen LogP contribution in [0, 0.1) is 0 Å². The van der Waals surface area contributed by atoms with E-state index in [1.165, 1.54) is 0 Å². The molecule has 0 aliphatic carbocycles. The zero-order chi connectivity index (χ0) is 13.9. The van der Waals surface area contributed by atoms with Crippen LogP contribution in [-0.2, 0) is 0 Å². The molecule has 1 aromatic carbocycles. The lowest BCUT2D eigenvalue weighted by Crippen LogP contribution is -2.27. The number of fused-ring (bicyclic) bond motifs is 1. The average Bonchev–Trinajstić information content (AvgIpc) is 3.01. The average molecular weight is 268 g/mol. The maximum absolute atomic E-state index is 12.3. The molecule has 100 valence electrons. The summed E-state index contributed by atoms with van der Waals surface area (Å²) in [6.07, 6.45) is 1.67. The molecule has 0 spiro atoms. The minimum absolute atomic E-state index is 0.216. The third-order valence-corrected chi connectivity index (χ3v) is 2.97. The summed E-state index contributed by atoms with van der Waals surface area (Å²) in [5, 5.41) is 17.3. The van der Waals surface area contributed by atoms with E-state index in [2.05, 4.69) is 30.9 Å². The van der Waals surface area contributed by atoms with Crippen LogP contribution in [0.25, 0.3) is 10.9 Å². The van der Waals surface area contributed by atoms with Crippen LogP contribution < -0.4 is 5.32 Å². The summed E-state index contributed by atoms with van der Waals surface area (Å²) in [6, 6.07) is 8.92. The molecule has 3 aromatic rings. The molecule has 2 aromatic heterocycles. The smallest absolute Gasteiger partial charge is 0.254 e. The van der Waals surface area contributed by atoms with Crippen molar-refractivity contribution in [2.75, 3.05) is 0 Å². The summed E-state index contributed by atoms with van der Waals surface area (Å²) >= 11 is 0. The van der Waals surface area contributed by atoms with E-state index in [-0.39, 0.29) is 11.9 Å². The van der Waals surface area contributed by atoms with Crippen LogP contribution in [0.4, 0.5) is 0 Å². The van der Waals surface area contributed by atoms with Crippen LogP contribution >= 0.6 is 0 Å². The van der Waals surface area contributed by atoms with Crippen molar-refractivity contribution >= 4 is 16.8 Å². The fraction of sp³-hybridized carbons (Fsp3) is 0.154. The number of nitrogens with one attached hydrogen (secondary N) is 2. The van der Waals surface area contributed by atoms with E-state index in [0.717, 1.165) is 5.39 Å². The Balaban J connectivity index is 1.89. The van der Waals surface area contributed by atoms with Crippen molar-refractivity contribution in [3.8, 4) is 0 Å². The van der Waals surface area contributed by atoms with Gasteiger partial charge in [0.25, 0.3) is 5.91 Å². The van der Waals surface area contributed by atoms with Crippen molar-refractivity contribution in [1.29, 1.82) is 0 Å². The Bertz CT molecular complexity index is 734. The molecule has 0 aliphatic rings. The topological polar surface area (TPSA) is 96.5 Å². The largest absolute Gasteiger partial charge is 0.342 e. The third kappa shape index (κ3) is 2.20. The number of rotatable bonds is 3. The first-order valence-electron chi connectivity index (χ1n) is 6.13. The van der Waals surface area contributed by atoms with E-state index in [0.29, 0.717) is 16.9 Å². The number of aromatic nitrogens is 5. The zero-order valence-corrected chi connectivity index (χ0v) is 10.7. The second kappa shape index (κ2) is 5.04. The van der Waals surface area contributed by atoms with Crippen molar-refractivity contribution in [2.45, 2.75) is 13.0 Å². The summed E-state index contributed by atoms with van der Waals surface area (Å²) in [4.78, 5) is 16.6. The number of pyridine rings is 1. The van der Waals surface area contributed by atoms with Crippen molar-refractivity contribution in [1.82, 2.24) is 30.9 Å². The van der Waals surface area contributed by atoms with Crippen molar-refractivity contribution in [2.24, 2.45) is 0 Å². The van der Waals surface area contributed by atoms with E-state index >= 15 is 0 Å². The quantitative estimate of drug-likeness (QED) is 0.745. The molecule has 0 aliphatic heterocycles. The Labute approximate surface area is 114 Å². The highest BCUT2D eigenvalue weighted by molar-refractivity contribution is 6.05. The van der Waals surface area contributed by atoms with Gasteiger partial charge in [0.2, 0.25) is 0 Å². The van der Waals surface area contributed by atoms with E-state index in [4.69, 9.17) is 0 Å². The predicted molar refractivity (Wildman–Crippen MR) is 71.8 cm³/mol. The molecule has 2 heterocycles. The monoisotopic (exact) mass is 268 g/mol. The molecule has 2 N–H and O–H groups in total. The van der Waals surface area contributed by atoms with Gasteiger partial charge in [-0.2, -0.15) is 5.21 Å². The lowest BCUT2D eigenvalue weighted by atomic mass is 10.1. The highest BCUT2D eigenvalue weighted by Gasteiger charge is 2.16. The Morgan fingerprint density at radius 2 is 2.15 bits per heavy atom. The Morgan fingerprint density at radius 1 is 1.30 bits per heavy atom. The minimum atomic E-state index is -0.333. The van der Waals surface area contributed by atoms with Gasteiger partial charge in [-0.3, -0.25) is 9.78 Å². The Kier molecular flexibility index (Phi) is 3.08. The number of carbonyl (C=O) groups excluding carboxylic acids is 1. The number of amides is 1. The maximum Gasteiger partial charge on any atom is 0.254 e. The van der Waals surface area contributed by atoms with Gasteiger partial charge in [0.05, 0.1) is 17.1 Å². The molecular weight excluding hydrogens is 256 g/mol. The number of hydrogen-bond acceptors (Lipinski definition) is 5. The van der Waals surface area contributed by atoms with Crippen LogP contribution in [0.5, 0.6) is 0 Å². The number of H-pyrrole nitrogens is 1. The predicted octanol–water partition coefficient (Wildman–Crippen LogP) is 1.24. The molecule has 0 saturated heterocycles. The highest BCUT2D eigenvalue weighted by Crippen LogP contribution is 2.16. The summed E-state index contributed by atoms with van der Waals surface area (Å²) in [6.45, 7) is 1.79. The second-order valence-electron chi connectivity index (χ2n) is 4.35. The van der Waals surface area contributed by atoms with E-state index in [9.17, 15) is 4.79 Å². The summed E-state index contributed by atoms with van der Waals surface area (Å²) in [5.74, 6) is 0.221. The van der Waals surface area contributed by atoms with Crippen LogP contribution in [0.2, 0.25) is 0 Å². The summed E-state index contributed by atoms with van der Waals surface area (Å²) < 4.78 is 0. The minimum Gasteiger partial charge on any atom is -0.342 e. The van der Waals surface area contributed by atoms with Crippen LogP contribution in [0.1, 0.15) is 29.1 Å². The number of benzene rings is 1. The second-order valence-corrected chi connectivity index (χ2v) is 4.35. The van der Waals surface area contributed by atoms with E-state index in [1.807, 2.05) is 24.3 Å². The summed E-state index contributed by atoms with van der Waals surface area (Å²) in [7, 11) is 0. The fourth-order valence-corrected chi connectivity index (χ4v) is 1.98. The van der Waals surface area contributed by atoms with E-state index in [1.54, 1.807) is 19.2 Å². The third-order valence-electron chi connectivity index (χ3n) is 2.97. The van der Waals surface area contributed by atoms with Gasteiger partial charge in [0.15, 0.2) is 5.82 Å². The molecule has 1 unspecified atom stereocenters. The highest BCUT2D eigenvalue weighted by atomic mass is 16.1. The lowest BCUT2D eigenvalue weighted by molar-refractivity contribution is 0.0940. The molecule has 1 amide bonds. The van der Waals surface area contributed by atoms with Crippen molar-refractivity contribution in [3.63, 3.8) is 0 Å². The van der Waals surface area contributed by atoms with Crippen LogP contribution in [0.15, 0.2) is 36.5 Å². The maximum atomic E-state index is 12.3. The van der Waals surface area contributed by atoms with Crippen LogP contribution in [-0.4, -0.2) is 31.5 Å². The molecule has 3 rings (SSSR count). The molecule has 7 nitrogen and oxygen atoms in total. The molecule has 20 heavy (non-hydrogen) atoms.